The van der Waals surface area contributed by atoms with Gasteiger partial charge in [0.1, 0.15) is 0 Å². The summed E-state index contributed by atoms with van der Waals surface area (Å²) in [6, 6.07) is 17.5. The molecule has 0 spiro atoms. The molecule has 2 aromatic rings. The Hall–Kier alpha value is -1.87. The van der Waals surface area contributed by atoms with Crippen LogP contribution < -0.4 is 0 Å². The van der Waals surface area contributed by atoms with Crippen molar-refractivity contribution in [3.8, 4) is 0 Å². The van der Waals surface area contributed by atoms with E-state index in [-0.39, 0.29) is 5.97 Å². The van der Waals surface area contributed by atoms with Crippen molar-refractivity contribution in [1.82, 2.24) is 0 Å². The van der Waals surface area contributed by atoms with Crippen molar-refractivity contribution in [1.29, 1.82) is 0 Å². The Morgan fingerprint density at radius 2 is 1.68 bits per heavy atom. The van der Waals surface area contributed by atoms with Crippen LogP contribution in [0.4, 0.5) is 0 Å². The third-order valence-electron chi connectivity index (χ3n) is 2.71. The van der Waals surface area contributed by atoms with Gasteiger partial charge >= 0.3 is 5.97 Å². The molecule has 0 aliphatic carbocycles. The van der Waals surface area contributed by atoms with Crippen LogP contribution in [0.25, 0.3) is 5.57 Å². The van der Waals surface area contributed by atoms with E-state index in [9.17, 15) is 4.79 Å². The van der Waals surface area contributed by atoms with Crippen LogP contribution in [0.3, 0.4) is 0 Å². The first-order chi connectivity index (χ1) is 9.22. The van der Waals surface area contributed by atoms with E-state index in [1.165, 1.54) is 13.2 Å². The zero-order valence-corrected chi connectivity index (χ0v) is 12.1. The summed E-state index contributed by atoms with van der Waals surface area (Å²) in [4.78, 5) is 11.6. The zero-order chi connectivity index (χ0) is 13.7. The lowest BCUT2D eigenvalue weighted by Crippen LogP contribution is -1.98. The lowest BCUT2D eigenvalue weighted by molar-refractivity contribution is -0.134. The third kappa shape index (κ3) is 3.32. The van der Waals surface area contributed by atoms with E-state index in [1.54, 1.807) is 0 Å². The summed E-state index contributed by atoms with van der Waals surface area (Å²) in [6.45, 7) is 0. The van der Waals surface area contributed by atoms with Crippen LogP contribution in [-0.4, -0.2) is 13.1 Å². The summed E-state index contributed by atoms with van der Waals surface area (Å²) >= 11 is 3.51. The largest absolute Gasteiger partial charge is 0.466 e. The smallest absolute Gasteiger partial charge is 0.331 e. The summed E-state index contributed by atoms with van der Waals surface area (Å²) in [5, 5.41) is 0. The molecule has 0 N–H and O–H groups in total. The molecule has 0 atom stereocenters. The second kappa shape index (κ2) is 6.34. The standard InChI is InChI=1S/C16H13BrO2/c1-19-16(18)11-14(12-7-3-2-4-8-12)13-9-5-6-10-15(13)17/h2-11H,1H3/b14-11+. The molecule has 0 fully saturated rings. The highest BCUT2D eigenvalue weighted by Gasteiger charge is 2.10. The Morgan fingerprint density at radius 3 is 2.32 bits per heavy atom. The molecular weight excluding hydrogens is 304 g/mol. The number of ether oxygens (including phenoxy) is 1. The van der Waals surface area contributed by atoms with Gasteiger partial charge in [-0.25, -0.2) is 4.79 Å². The van der Waals surface area contributed by atoms with Crippen LogP contribution in [0.1, 0.15) is 11.1 Å². The second-order valence-electron chi connectivity index (χ2n) is 3.93. The van der Waals surface area contributed by atoms with Crippen LogP contribution in [0, 0.1) is 0 Å². The molecule has 2 nitrogen and oxygen atoms in total. The highest BCUT2D eigenvalue weighted by molar-refractivity contribution is 9.10. The van der Waals surface area contributed by atoms with E-state index in [0.29, 0.717) is 0 Å². The first kappa shape index (κ1) is 13.6. The molecule has 0 aromatic heterocycles. The molecule has 0 unspecified atom stereocenters. The topological polar surface area (TPSA) is 26.3 Å². The maximum atomic E-state index is 11.6. The minimum absolute atomic E-state index is 0.366. The van der Waals surface area contributed by atoms with Gasteiger partial charge in [-0.1, -0.05) is 64.5 Å². The number of halogens is 1. The van der Waals surface area contributed by atoms with Crippen LogP contribution in [0.15, 0.2) is 65.1 Å². The number of hydrogen-bond acceptors (Lipinski definition) is 2. The van der Waals surface area contributed by atoms with E-state index in [4.69, 9.17) is 4.74 Å². The lowest BCUT2D eigenvalue weighted by Gasteiger charge is -2.10. The van der Waals surface area contributed by atoms with E-state index < -0.39 is 0 Å². The zero-order valence-electron chi connectivity index (χ0n) is 10.5. The van der Waals surface area contributed by atoms with Gasteiger partial charge in [0.25, 0.3) is 0 Å². The average Bonchev–Trinajstić information content (AvgIpc) is 2.46. The van der Waals surface area contributed by atoms with Gasteiger partial charge < -0.3 is 4.74 Å². The summed E-state index contributed by atoms with van der Waals surface area (Å²) in [7, 11) is 1.38. The number of rotatable bonds is 3. The fourth-order valence-corrected chi connectivity index (χ4v) is 2.29. The van der Waals surface area contributed by atoms with Gasteiger partial charge in [0.15, 0.2) is 0 Å². The molecule has 0 bridgehead atoms. The van der Waals surface area contributed by atoms with E-state index in [0.717, 1.165) is 21.2 Å². The predicted octanol–water partition coefficient (Wildman–Crippen LogP) is 4.05. The minimum Gasteiger partial charge on any atom is -0.466 e. The van der Waals surface area contributed by atoms with Crippen LogP contribution in [-0.2, 0) is 9.53 Å². The highest BCUT2D eigenvalue weighted by atomic mass is 79.9. The van der Waals surface area contributed by atoms with Gasteiger partial charge in [0, 0.05) is 10.5 Å². The molecule has 0 amide bonds. The van der Waals surface area contributed by atoms with Crippen LogP contribution in [0.5, 0.6) is 0 Å². The summed E-state index contributed by atoms with van der Waals surface area (Å²) in [6.07, 6.45) is 1.51. The maximum absolute atomic E-state index is 11.6. The molecule has 3 heteroatoms. The van der Waals surface area contributed by atoms with Crippen LogP contribution >= 0.6 is 15.9 Å². The number of hydrogen-bond donors (Lipinski definition) is 0. The fourth-order valence-electron chi connectivity index (χ4n) is 1.79. The average molecular weight is 317 g/mol. The second-order valence-corrected chi connectivity index (χ2v) is 4.78. The van der Waals surface area contributed by atoms with Gasteiger partial charge in [-0.3, -0.25) is 0 Å². The number of carbonyl (C=O) groups excluding carboxylic acids is 1. The number of benzene rings is 2. The van der Waals surface area contributed by atoms with E-state index in [2.05, 4.69) is 15.9 Å². The van der Waals surface area contributed by atoms with Crippen LogP contribution in [0.2, 0.25) is 0 Å². The summed E-state index contributed by atoms with van der Waals surface area (Å²) in [5.74, 6) is -0.366. The third-order valence-corrected chi connectivity index (χ3v) is 3.40. The van der Waals surface area contributed by atoms with Gasteiger partial charge in [-0.05, 0) is 22.8 Å². The molecule has 0 aliphatic heterocycles. The lowest BCUT2D eigenvalue weighted by atomic mass is 9.98. The van der Waals surface area contributed by atoms with Crippen molar-refractivity contribution in [2.24, 2.45) is 0 Å². The Morgan fingerprint density at radius 1 is 1.05 bits per heavy atom. The molecule has 0 radical (unpaired) electrons. The molecule has 2 aromatic carbocycles. The van der Waals surface area contributed by atoms with Gasteiger partial charge in [-0.2, -0.15) is 0 Å². The van der Waals surface area contributed by atoms with Crippen molar-refractivity contribution < 1.29 is 9.53 Å². The Labute approximate surface area is 120 Å². The summed E-state index contributed by atoms with van der Waals surface area (Å²) in [5.41, 5.74) is 2.76. The Balaban J connectivity index is 2.56. The number of carbonyl (C=O) groups is 1. The number of methoxy groups -OCH3 is 1. The molecule has 19 heavy (non-hydrogen) atoms. The molecule has 0 saturated carbocycles. The van der Waals surface area contributed by atoms with Crippen molar-refractivity contribution in [2.75, 3.05) is 7.11 Å². The molecule has 0 aliphatic rings. The Kier molecular flexibility index (Phi) is 4.53. The molecular formula is C16H13BrO2. The molecule has 0 heterocycles. The van der Waals surface area contributed by atoms with Gasteiger partial charge in [0.05, 0.1) is 7.11 Å². The Bertz CT molecular complexity index is 603. The van der Waals surface area contributed by atoms with E-state index >= 15 is 0 Å². The minimum atomic E-state index is -0.366. The van der Waals surface area contributed by atoms with E-state index in [1.807, 2.05) is 54.6 Å². The highest BCUT2D eigenvalue weighted by Crippen LogP contribution is 2.29. The van der Waals surface area contributed by atoms with Crippen molar-refractivity contribution in [2.45, 2.75) is 0 Å². The first-order valence-electron chi connectivity index (χ1n) is 5.82. The number of esters is 1. The fraction of sp³-hybridized carbons (Fsp3) is 0.0625. The van der Waals surface area contributed by atoms with Crippen molar-refractivity contribution in [3.05, 3.63) is 76.3 Å². The quantitative estimate of drug-likeness (QED) is 0.630. The first-order valence-corrected chi connectivity index (χ1v) is 6.61. The van der Waals surface area contributed by atoms with Crippen molar-refractivity contribution >= 4 is 27.5 Å². The van der Waals surface area contributed by atoms with Gasteiger partial charge in [-0.15, -0.1) is 0 Å². The van der Waals surface area contributed by atoms with Gasteiger partial charge in [0.2, 0.25) is 0 Å². The normalized spacial score (nSPS) is 11.2. The summed E-state index contributed by atoms with van der Waals surface area (Å²) < 4.78 is 5.67. The monoisotopic (exact) mass is 316 g/mol. The van der Waals surface area contributed by atoms with Crippen molar-refractivity contribution in [3.63, 3.8) is 0 Å². The molecule has 2 rings (SSSR count). The maximum Gasteiger partial charge on any atom is 0.331 e. The molecule has 96 valence electrons. The predicted molar refractivity (Wildman–Crippen MR) is 79.7 cm³/mol. The SMILES string of the molecule is COC(=O)/C=C(\c1ccccc1)c1ccccc1Br. The molecule has 0 saturated heterocycles.